The second-order valence-corrected chi connectivity index (χ2v) is 8.16. The number of hydroxylamine groups is 2. The molecule has 5 rings (SSSR count). The van der Waals surface area contributed by atoms with Gasteiger partial charge in [-0.3, -0.25) is 4.79 Å². The summed E-state index contributed by atoms with van der Waals surface area (Å²) >= 11 is 0. The van der Waals surface area contributed by atoms with E-state index in [0.29, 0.717) is 16.7 Å². The predicted octanol–water partition coefficient (Wildman–Crippen LogP) is 5.33. The Labute approximate surface area is 203 Å². The van der Waals surface area contributed by atoms with Crippen molar-refractivity contribution in [1.29, 1.82) is 0 Å². The molecular weight excluding hydrogens is 440 g/mol. The highest BCUT2D eigenvalue weighted by Crippen LogP contribution is 2.41. The molecular formula is C29H24N2O4. The molecule has 0 aliphatic carbocycles. The molecule has 1 fully saturated rings. The van der Waals surface area contributed by atoms with Crippen molar-refractivity contribution in [2.45, 2.75) is 18.4 Å². The average molecular weight is 465 g/mol. The van der Waals surface area contributed by atoms with E-state index in [1.54, 1.807) is 0 Å². The SMILES string of the molecule is O=C(OCc1ccccc1)N1OC(c2ccccc2)(c2ccccc2)C(=O)NC1c1ccccc1. The number of amides is 2. The second-order valence-electron chi connectivity index (χ2n) is 8.16. The Morgan fingerprint density at radius 1 is 0.771 bits per heavy atom. The first-order chi connectivity index (χ1) is 17.2. The molecule has 1 unspecified atom stereocenters. The highest BCUT2D eigenvalue weighted by molar-refractivity contribution is 5.92. The molecule has 1 aliphatic rings. The molecule has 4 aromatic rings. The van der Waals surface area contributed by atoms with Crippen molar-refractivity contribution in [1.82, 2.24) is 10.4 Å². The summed E-state index contributed by atoms with van der Waals surface area (Å²) in [5.41, 5.74) is 1.13. The summed E-state index contributed by atoms with van der Waals surface area (Å²) in [5.74, 6) is -0.379. The van der Waals surface area contributed by atoms with Gasteiger partial charge >= 0.3 is 6.09 Å². The highest BCUT2D eigenvalue weighted by atomic mass is 16.8. The van der Waals surface area contributed by atoms with Gasteiger partial charge in [0.15, 0.2) is 6.17 Å². The molecule has 35 heavy (non-hydrogen) atoms. The lowest BCUT2D eigenvalue weighted by Crippen LogP contribution is -2.61. The lowest BCUT2D eigenvalue weighted by atomic mass is 9.84. The number of benzene rings is 4. The summed E-state index contributed by atoms with van der Waals surface area (Å²) in [6, 6.07) is 36.9. The zero-order valence-corrected chi connectivity index (χ0v) is 18.9. The molecule has 1 aliphatic heterocycles. The lowest BCUT2D eigenvalue weighted by Gasteiger charge is -2.45. The minimum Gasteiger partial charge on any atom is -0.443 e. The zero-order chi connectivity index (χ0) is 24.1. The smallest absolute Gasteiger partial charge is 0.436 e. The molecule has 1 N–H and O–H groups in total. The van der Waals surface area contributed by atoms with Gasteiger partial charge in [0.05, 0.1) is 0 Å². The van der Waals surface area contributed by atoms with Gasteiger partial charge in [-0.15, -0.1) is 0 Å². The standard InChI is InChI=1S/C29H24N2O4/c32-27-29(24-17-9-3-10-18-24,25-19-11-4-12-20-25)35-31(26(30-27)23-15-7-2-8-16-23)28(33)34-21-22-13-5-1-6-14-22/h1-20,26H,21H2,(H,30,32). The summed E-state index contributed by atoms with van der Waals surface area (Å²) in [7, 11) is 0. The minimum absolute atomic E-state index is 0.0681. The van der Waals surface area contributed by atoms with E-state index in [1.807, 2.05) is 121 Å². The van der Waals surface area contributed by atoms with Crippen molar-refractivity contribution in [3.63, 3.8) is 0 Å². The Balaban J connectivity index is 1.56. The third-order valence-corrected chi connectivity index (χ3v) is 5.92. The first-order valence-electron chi connectivity index (χ1n) is 11.3. The van der Waals surface area contributed by atoms with Crippen molar-refractivity contribution in [2.75, 3.05) is 0 Å². The summed E-state index contributed by atoms with van der Waals surface area (Å²) in [4.78, 5) is 33.7. The Kier molecular flexibility index (Phi) is 6.28. The summed E-state index contributed by atoms with van der Waals surface area (Å²) < 4.78 is 5.63. The van der Waals surface area contributed by atoms with Crippen LogP contribution in [0, 0.1) is 0 Å². The third kappa shape index (κ3) is 4.39. The number of hydrogen-bond acceptors (Lipinski definition) is 4. The number of carbonyl (C=O) groups excluding carboxylic acids is 2. The normalized spacial score (nSPS) is 16.9. The highest BCUT2D eigenvalue weighted by Gasteiger charge is 2.53. The molecule has 1 saturated heterocycles. The van der Waals surface area contributed by atoms with Crippen LogP contribution < -0.4 is 5.32 Å². The van der Waals surface area contributed by atoms with Crippen molar-refractivity contribution in [2.24, 2.45) is 0 Å². The van der Waals surface area contributed by atoms with E-state index >= 15 is 0 Å². The fourth-order valence-electron chi connectivity index (χ4n) is 4.19. The van der Waals surface area contributed by atoms with Gasteiger partial charge in [-0.25, -0.2) is 9.63 Å². The zero-order valence-electron chi connectivity index (χ0n) is 18.9. The van der Waals surface area contributed by atoms with Crippen LogP contribution in [0.4, 0.5) is 4.79 Å². The van der Waals surface area contributed by atoms with Gasteiger partial charge in [-0.05, 0) is 11.1 Å². The Morgan fingerprint density at radius 3 is 1.80 bits per heavy atom. The largest absolute Gasteiger partial charge is 0.443 e. The van der Waals surface area contributed by atoms with E-state index in [9.17, 15) is 9.59 Å². The van der Waals surface area contributed by atoms with Crippen LogP contribution in [0.1, 0.15) is 28.4 Å². The fraction of sp³-hybridized carbons (Fsp3) is 0.103. The summed E-state index contributed by atoms with van der Waals surface area (Å²) in [6.07, 6.45) is -1.58. The Hall–Kier alpha value is -4.42. The number of ether oxygens (including phenoxy) is 1. The van der Waals surface area contributed by atoms with E-state index in [-0.39, 0.29) is 12.5 Å². The fourth-order valence-corrected chi connectivity index (χ4v) is 4.19. The van der Waals surface area contributed by atoms with Crippen molar-refractivity contribution >= 4 is 12.0 Å². The van der Waals surface area contributed by atoms with Crippen LogP contribution in [0.25, 0.3) is 0 Å². The maximum absolute atomic E-state index is 13.8. The second kappa shape index (κ2) is 9.83. The Morgan fingerprint density at radius 2 is 1.26 bits per heavy atom. The molecule has 2 amide bonds. The number of carbonyl (C=O) groups is 2. The van der Waals surface area contributed by atoms with Gasteiger partial charge in [-0.2, -0.15) is 5.06 Å². The monoisotopic (exact) mass is 464 g/mol. The van der Waals surface area contributed by atoms with Crippen LogP contribution in [0.5, 0.6) is 0 Å². The molecule has 0 saturated carbocycles. The lowest BCUT2D eigenvalue weighted by molar-refractivity contribution is -0.257. The maximum Gasteiger partial charge on any atom is 0.436 e. The van der Waals surface area contributed by atoms with Gasteiger partial charge in [0, 0.05) is 11.1 Å². The molecule has 4 aromatic carbocycles. The summed E-state index contributed by atoms with van der Waals surface area (Å²) in [5, 5.41) is 4.14. The molecule has 174 valence electrons. The summed E-state index contributed by atoms with van der Waals surface area (Å²) in [6.45, 7) is 0.0681. The van der Waals surface area contributed by atoms with Crippen LogP contribution in [0.2, 0.25) is 0 Å². The minimum atomic E-state index is -1.58. The van der Waals surface area contributed by atoms with Crippen molar-refractivity contribution in [3.8, 4) is 0 Å². The molecule has 1 atom stereocenters. The molecule has 6 nitrogen and oxygen atoms in total. The van der Waals surface area contributed by atoms with E-state index in [0.717, 1.165) is 10.6 Å². The van der Waals surface area contributed by atoms with E-state index in [1.165, 1.54) is 0 Å². The molecule has 6 heteroatoms. The van der Waals surface area contributed by atoms with E-state index in [2.05, 4.69) is 5.32 Å². The number of rotatable bonds is 5. The molecule has 0 spiro atoms. The van der Waals surface area contributed by atoms with Crippen molar-refractivity contribution < 1.29 is 19.2 Å². The van der Waals surface area contributed by atoms with E-state index in [4.69, 9.17) is 9.57 Å². The molecule has 0 aromatic heterocycles. The molecule has 1 heterocycles. The van der Waals surface area contributed by atoms with Crippen molar-refractivity contribution in [3.05, 3.63) is 144 Å². The van der Waals surface area contributed by atoms with Gasteiger partial charge in [-0.1, -0.05) is 121 Å². The third-order valence-electron chi connectivity index (χ3n) is 5.92. The van der Waals surface area contributed by atoms with Crippen LogP contribution in [-0.4, -0.2) is 17.1 Å². The van der Waals surface area contributed by atoms with Gasteiger partial charge < -0.3 is 10.1 Å². The van der Waals surface area contributed by atoms with Gasteiger partial charge in [0.2, 0.25) is 5.60 Å². The van der Waals surface area contributed by atoms with Gasteiger partial charge in [0.25, 0.3) is 5.91 Å². The van der Waals surface area contributed by atoms with Crippen LogP contribution in [0.15, 0.2) is 121 Å². The topological polar surface area (TPSA) is 67.9 Å². The average Bonchev–Trinajstić information content (AvgIpc) is 2.93. The number of nitrogens with one attached hydrogen (secondary N) is 1. The first kappa shape index (κ1) is 22.4. The van der Waals surface area contributed by atoms with Crippen LogP contribution >= 0.6 is 0 Å². The quantitative estimate of drug-likeness (QED) is 0.434. The van der Waals surface area contributed by atoms with E-state index < -0.39 is 17.9 Å². The van der Waals surface area contributed by atoms with Crippen LogP contribution in [-0.2, 0) is 26.6 Å². The predicted molar refractivity (Wildman–Crippen MR) is 131 cm³/mol. The molecule has 0 bridgehead atoms. The first-order valence-corrected chi connectivity index (χ1v) is 11.3. The maximum atomic E-state index is 13.8. The van der Waals surface area contributed by atoms with Gasteiger partial charge in [0.1, 0.15) is 6.61 Å². The number of hydrogen-bond donors (Lipinski definition) is 1. The van der Waals surface area contributed by atoms with Crippen LogP contribution in [0.3, 0.4) is 0 Å². The number of nitrogens with zero attached hydrogens (tertiary/aromatic N) is 1. The Bertz CT molecular complexity index is 1240. The molecule has 0 radical (unpaired) electrons.